The second-order valence-corrected chi connectivity index (χ2v) is 7.68. The molecule has 2 aromatic carbocycles. The van der Waals surface area contributed by atoms with Crippen molar-refractivity contribution >= 4 is 44.6 Å². The zero-order valence-electron chi connectivity index (χ0n) is 14.8. The highest BCUT2D eigenvalue weighted by molar-refractivity contribution is 7.80. The fraction of sp³-hybridized carbons (Fsp3) is 0.0952. The van der Waals surface area contributed by atoms with Crippen molar-refractivity contribution in [2.75, 3.05) is 5.32 Å². The van der Waals surface area contributed by atoms with Gasteiger partial charge in [-0.2, -0.15) is 0 Å². The third kappa shape index (κ3) is 4.30. The van der Waals surface area contributed by atoms with E-state index in [0.29, 0.717) is 11.7 Å². The average molecular weight is 391 g/mol. The Labute approximate surface area is 167 Å². The maximum absolute atomic E-state index is 5.36. The van der Waals surface area contributed by atoms with E-state index in [4.69, 9.17) is 17.2 Å². The molecule has 0 aliphatic heterocycles. The molecule has 4 nitrogen and oxygen atoms in total. The van der Waals surface area contributed by atoms with Crippen molar-refractivity contribution in [1.82, 2.24) is 15.3 Å². The highest BCUT2D eigenvalue weighted by Gasteiger charge is 2.07. The van der Waals surface area contributed by atoms with Gasteiger partial charge >= 0.3 is 0 Å². The summed E-state index contributed by atoms with van der Waals surface area (Å²) < 4.78 is 1.22. The lowest BCUT2D eigenvalue weighted by atomic mass is 10.2. The molecule has 0 spiro atoms. The molecule has 0 aliphatic carbocycles. The fourth-order valence-corrected chi connectivity index (χ4v) is 3.97. The van der Waals surface area contributed by atoms with E-state index >= 15 is 0 Å². The molecule has 2 heterocycles. The zero-order chi connectivity index (χ0) is 18.6. The Morgan fingerprint density at radius 1 is 1.11 bits per heavy atom. The minimum Gasteiger partial charge on any atom is -0.358 e. The van der Waals surface area contributed by atoms with Crippen LogP contribution in [0.25, 0.3) is 20.8 Å². The first-order valence-electron chi connectivity index (χ1n) is 8.59. The van der Waals surface area contributed by atoms with E-state index in [1.165, 1.54) is 10.3 Å². The first kappa shape index (κ1) is 17.6. The lowest BCUT2D eigenvalue weighted by molar-refractivity contribution is 0.916. The minimum atomic E-state index is 0.585. The molecule has 2 aromatic heterocycles. The van der Waals surface area contributed by atoms with Crippen molar-refractivity contribution in [3.8, 4) is 10.6 Å². The van der Waals surface area contributed by atoms with Gasteiger partial charge in [-0.25, -0.2) is 4.98 Å². The van der Waals surface area contributed by atoms with Crippen LogP contribution in [0.15, 0.2) is 67.0 Å². The largest absolute Gasteiger partial charge is 0.358 e. The van der Waals surface area contributed by atoms with Gasteiger partial charge in [0.2, 0.25) is 0 Å². The Morgan fingerprint density at radius 3 is 2.74 bits per heavy atom. The van der Waals surface area contributed by atoms with Crippen LogP contribution in [0.4, 0.5) is 5.69 Å². The van der Waals surface area contributed by atoms with E-state index in [9.17, 15) is 0 Å². The van der Waals surface area contributed by atoms with Gasteiger partial charge in [0.1, 0.15) is 5.01 Å². The highest BCUT2D eigenvalue weighted by atomic mass is 32.1. The molecule has 0 unspecified atom stereocenters. The molecule has 6 heteroatoms. The number of aryl methyl sites for hydroxylation is 1. The molecular weight excluding hydrogens is 372 g/mol. The maximum Gasteiger partial charge on any atom is 0.171 e. The third-order valence-electron chi connectivity index (χ3n) is 4.11. The first-order chi connectivity index (χ1) is 13.2. The van der Waals surface area contributed by atoms with Gasteiger partial charge < -0.3 is 10.6 Å². The van der Waals surface area contributed by atoms with E-state index in [1.54, 1.807) is 17.5 Å². The minimum absolute atomic E-state index is 0.585. The summed E-state index contributed by atoms with van der Waals surface area (Å²) in [6.45, 7) is 2.74. The average Bonchev–Trinajstić information content (AvgIpc) is 3.11. The molecular formula is C21H18N4S2. The molecule has 4 rings (SSSR count). The van der Waals surface area contributed by atoms with E-state index in [1.807, 2.05) is 30.5 Å². The fourth-order valence-electron chi connectivity index (χ4n) is 2.71. The maximum atomic E-state index is 5.36. The van der Waals surface area contributed by atoms with Gasteiger partial charge in [0.05, 0.1) is 10.2 Å². The second-order valence-electron chi connectivity index (χ2n) is 6.24. The van der Waals surface area contributed by atoms with Crippen molar-refractivity contribution in [2.45, 2.75) is 13.5 Å². The number of hydrogen-bond acceptors (Lipinski definition) is 4. The van der Waals surface area contributed by atoms with Gasteiger partial charge in [-0.05, 0) is 72.7 Å². The summed E-state index contributed by atoms with van der Waals surface area (Å²) in [6, 6.07) is 18.4. The summed E-state index contributed by atoms with van der Waals surface area (Å²) in [4.78, 5) is 8.83. The Morgan fingerprint density at radius 2 is 1.96 bits per heavy atom. The van der Waals surface area contributed by atoms with Crippen LogP contribution in [0.1, 0.15) is 11.1 Å². The zero-order valence-corrected chi connectivity index (χ0v) is 16.4. The molecule has 0 fully saturated rings. The van der Waals surface area contributed by atoms with Crippen LogP contribution in [-0.4, -0.2) is 15.1 Å². The summed E-state index contributed by atoms with van der Waals surface area (Å²) in [5, 5.41) is 8.01. The number of nitrogens with zero attached hydrogens (tertiary/aromatic N) is 2. The van der Waals surface area contributed by atoms with Crippen molar-refractivity contribution in [1.29, 1.82) is 0 Å². The number of benzene rings is 2. The van der Waals surface area contributed by atoms with Gasteiger partial charge in [0.25, 0.3) is 0 Å². The number of rotatable bonds is 4. The molecule has 0 saturated heterocycles. The van der Waals surface area contributed by atoms with Crippen LogP contribution in [0.2, 0.25) is 0 Å². The molecule has 0 aliphatic rings. The molecule has 27 heavy (non-hydrogen) atoms. The summed E-state index contributed by atoms with van der Waals surface area (Å²) in [7, 11) is 0. The van der Waals surface area contributed by atoms with Gasteiger partial charge in [-0.3, -0.25) is 4.98 Å². The molecule has 4 aromatic rings. The first-order valence-corrected chi connectivity index (χ1v) is 9.81. The smallest absolute Gasteiger partial charge is 0.171 e. The van der Waals surface area contributed by atoms with Crippen molar-refractivity contribution < 1.29 is 0 Å². The summed E-state index contributed by atoms with van der Waals surface area (Å²) in [6.07, 6.45) is 3.58. The molecule has 0 saturated carbocycles. The Kier molecular flexibility index (Phi) is 5.09. The Hall–Kier alpha value is -2.83. The quantitative estimate of drug-likeness (QED) is 0.472. The second kappa shape index (κ2) is 7.82. The number of aromatic nitrogens is 2. The van der Waals surface area contributed by atoms with Gasteiger partial charge in [-0.15, -0.1) is 11.3 Å². The molecule has 2 N–H and O–H groups in total. The van der Waals surface area contributed by atoms with Crippen molar-refractivity contribution in [3.63, 3.8) is 0 Å². The molecule has 134 valence electrons. The monoisotopic (exact) mass is 390 g/mol. The van der Waals surface area contributed by atoms with E-state index in [2.05, 4.69) is 52.9 Å². The number of fused-ring (bicyclic) bond motifs is 1. The number of thiazole rings is 1. The summed E-state index contributed by atoms with van der Waals surface area (Å²) >= 11 is 7.08. The van der Waals surface area contributed by atoms with E-state index in [-0.39, 0.29) is 0 Å². The molecule has 0 atom stereocenters. The van der Waals surface area contributed by atoms with Crippen LogP contribution < -0.4 is 10.6 Å². The summed E-state index contributed by atoms with van der Waals surface area (Å²) in [5.74, 6) is 0. The number of anilines is 1. The topological polar surface area (TPSA) is 49.8 Å². The Balaban J connectivity index is 1.41. The van der Waals surface area contributed by atoms with E-state index in [0.717, 1.165) is 27.3 Å². The number of thiocarbonyl (C=S) groups is 1. The lowest BCUT2D eigenvalue weighted by Gasteiger charge is -2.10. The molecule has 0 radical (unpaired) electrons. The normalized spacial score (nSPS) is 10.7. The lowest BCUT2D eigenvalue weighted by Crippen LogP contribution is -2.27. The number of pyridine rings is 1. The van der Waals surface area contributed by atoms with Crippen LogP contribution >= 0.6 is 23.6 Å². The van der Waals surface area contributed by atoms with Crippen molar-refractivity contribution in [2.24, 2.45) is 0 Å². The SMILES string of the molecule is Cc1ccc2nc(-c3ccc(NC(=S)NCc4cccnc4)cc3)sc2c1. The van der Waals surface area contributed by atoms with Crippen molar-refractivity contribution in [3.05, 3.63) is 78.1 Å². The molecule has 0 amide bonds. The van der Waals surface area contributed by atoms with Gasteiger partial charge in [0, 0.05) is 30.2 Å². The number of nitrogens with one attached hydrogen (secondary N) is 2. The van der Waals surface area contributed by atoms with Crippen LogP contribution in [-0.2, 0) is 6.54 Å². The molecule has 0 bridgehead atoms. The highest BCUT2D eigenvalue weighted by Crippen LogP contribution is 2.31. The predicted molar refractivity (Wildman–Crippen MR) is 117 cm³/mol. The van der Waals surface area contributed by atoms with Crippen LogP contribution in [0, 0.1) is 6.92 Å². The van der Waals surface area contributed by atoms with Crippen LogP contribution in [0.5, 0.6) is 0 Å². The standard InChI is InChI=1S/C21H18N4S2/c1-14-4-9-18-19(11-14)27-20(25-18)16-5-7-17(8-6-16)24-21(26)23-13-15-3-2-10-22-12-15/h2-12H,13H2,1H3,(H2,23,24,26). The predicted octanol–water partition coefficient (Wildman–Crippen LogP) is 5.15. The Bertz CT molecular complexity index is 1070. The van der Waals surface area contributed by atoms with Gasteiger partial charge in [-0.1, -0.05) is 12.1 Å². The van der Waals surface area contributed by atoms with Crippen LogP contribution in [0.3, 0.4) is 0 Å². The summed E-state index contributed by atoms with van der Waals surface area (Å²) in [5.41, 5.74) is 5.43. The number of hydrogen-bond donors (Lipinski definition) is 2. The third-order valence-corrected chi connectivity index (χ3v) is 5.42. The van der Waals surface area contributed by atoms with E-state index < -0.39 is 0 Å². The van der Waals surface area contributed by atoms with Gasteiger partial charge in [0.15, 0.2) is 5.11 Å².